The zero-order valence-corrected chi connectivity index (χ0v) is 17.7. The van der Waals surface area contributed by atoms with Gasteiger partial charge in [0.2, 0.25) is 0 Å². The molecule has 0 aliphatic rings. The van der Waals surface area contributed by atoms with E-state index < -0.39 is 11.8 Å². The van der Waals surface area contributed by atoms with Gasteiger partial charge in [-0.25, -0.2) is 9.82 Å². The second-order valence-corrected chi connectivity index (χ2v) is 6.93. The number of amides is 2. The number of hydrogen-bond donors (Lipinski definition) is 2. The standard InChI is InChI=1S/C23H19ClFN3O4/c1-31-21-11-16(7-10-20(21)32-14-15-5-8-18(25)9-6-15)13-26-28-23(30)22(29)27-19-4-2-3-17(24)12-19/h2-13H,14H2,1H3,(H,27,29)(H,28,30)/b26-13+. The highest BCUT2D eigenvalue weighted by molar-refractivity contribution is 6.39. The molecule has 32 heavy (non-hydrogen) atoms. The third kappa shape index (κ3) is 6.55. The number of benzene rings is 3. The monoisotopic (exact) mass is 455 g/mol. The van der Waals surface area contributed by atoms with Gasteiger partial charge in [-0.15, -0.1) is 0 Å². The highest BCUT2D eigenvalue weighted by Gasteiger charge is 2.13. The maximum atomic E-state index is 13.0. The molecule has 9 heteroatoms. The molecule has 0 atom stereocenters. The van der Waals surface area contributed by atoms with Gasteiger partial charge in [-0.3, -0.25) is 9.59 Å². The Hall–Kier alpha value is -3.91. The topological polar surface area (TPSA) is 89.0 Å². The summed E-state index contributed by atoms with van der Waals surface area (Å²) in [7, 11) is 1.49. The molecule has 2 N–H and O–H groups in total. The van der Waals surface area contributed by atoms with Gasteiger partial charge in [0.15, 0.2) is 11.5 Å². The van der Waals surface area contributed by atoms with E-state index >= 15 is 0 Å². The highest BCUT2D eigenvalue weighted by atomic mass is 35.5. The Bertz CT molecular complexity index is 1140. The van der Waals surface area contributed by atoms with Crippen molar-refractivity contribution in [2.45, 2.75) is 6.61 Å². The van der Waals surface area contributed by atoms with Crippen molar-refractivity contribution < 1.29 is 23.5 Å². The molecule has 164 valence electrons. The minimum atomic E-state index is -0.938. The van der Waals surface area contributed by atoms with E-state index in [0.717, 1.165) is 5.56 Å². The molecule has 7 nitrogen and oxygen atoms in total. The summed E-state index contributed by atoms with van der Waals surface area (Å²) in [5, 5.41) is 6.64. The molecular weight excluding hydrogens is 437 g/mol. The summed E-state index contributed by atoms with van der Waals surface area (Å²) in [6.07, 6.45) is 1.36. The maximum absolute atomic E-state index is 13.0. The highest BCUT2D eigenvalue weighted by Crippen LogP contribution is 2.28. The number of halogens is 2. The molecule has 0 unspecified atom stereocenters. The van der Waals surface area contributed by atoms with Gasteiger partial charge in [0.25, 0.3) is 0 Å². The molecule has 0 aliphatic carbocycles. The number of carbonyl (C=O) groups is 2. The van der Waals surface area contributed by atoms with Crippen LogP contribution in [-0.2, 0) is 16.2 Å². The second-order valence-electron chi connectivity index (χ2n) is 6.49. The summed E-state index contributed by atoms with van der Waals surface area (Å²) < 4.78 is 24.0. The molecule has 0 aromatic heterocycles. The third-order valence-electron chi connectivity index (χ3n) is 4.16. The number of carbonyl (C=O) groups excluding carboxylic acids is 2. The van der Waals surface area contributed by atoms with Gasteiger partial charge in [-0.05, 0) is 59.7 Å². The normalized spacial score (nSPS) is 10.6. The van der Waals surface area contributed by atoms with Crippen LogP contribution in [0.15, 0.2) is 71.8 Å². The minimum Gasteiger partial charge on any atom is -0.493 e. The van der Waals surface area contributed by atoms with Crippen LogP contribution in [0.25, 0.3) is 0 Å². The molecule has 0 radical (unpaired) electrons. The lowest BCUT2D eigenvalue weighted by molar-refractivity contribution is -0.136. The van der Waals surface area contributed by atoms with Gasteiger partial charge in [-0.2, -0.15) is 5.10 Å². The van der Waals surface area contributed by atoms with E-state index in [9.17, 15) is 14.0 Å². The van der Waals surface area contributed by atoms with Gasteiger partial charge in [0.05, 0.1) is 13.3 Å². The van der Waals surface area contributed by atoms with E-state index in [2.05, 4.69) is 15.8 Å². The van der Waals surface area contributed by atoms with Gasteiger partial charge >= 0.3 is 11.8 Å². The number of nitrogens with zero attached hydrogens (tertiary/aromatic N) is 1. The van der Waals surface area contributed by atoms with Gasteiger partial charge in [0.1, 0.15) is 12.4 Å². The van der Waals surface area contributed by atoms with E-state index in [1.54, 1.807) is 48.5 Å². The molecule has 0 saturated carbocycles. The van der Waals surface area contributed by atoms with Crippen LogP contribution in [0.3, 0.4) is 0 Å². The van der Waals surface area contributed by atoms with Crippen molar-refractivity contribution in [3.05, 3.63) is 88.7 Å². The number of anilines is 1. The van der Waals surface area contributed by atoms with E-state index in [1.807, 2.05) is 0 Å². The summed E-state index contributed by atoms with van der Waals surface area (Å²) in [5.74, 6) is -1.21. The smallest absolute Gasteiger partial charge is 0.329 e. The SMILES string of the molecule is COc1cc(/C=N/NC(=O)C(=O)Nc2cccc(Cl)c2)ccc1OCc1ccc(F)cc1. The molecule has 3 aromatic carbocycles. The number of hydrazone groups is 1. The molecule has 3 aromatic rings. The van der Waals surface area contributed by atoms with Crippen molar-refractivity contribution >= 4 is 35.3 Å². The van der Waals surface area contributed by atoms with Gasteiger partial charge in [-0.1, -0.05) is 29.8 Å². The maximum Gasteiger partial charge on any atom is 0.329 e. The minimum absolute atomic E-state index is 0.238. The van der Waals surface area contributed by atoms with Crippen LogP contribution in [0.5, 0.6) is 11.5 Å². The van der Waals surface area contributed by atoms with Gasteiger partial charge < -0.3 is 14.8 Å². The average molecular weight is 456 g/mol. The Balaban J connectivity index is 1.56. The Morgan fingerprint density at radius 2 is 1.81 bits per heavy atom. The van der Waals surface area contributed by atoms with E-state index in [1.165, 1.54) is 31.5 Å². The first-order valence-corrected chi connectivity index (χ1v) is 9.77. The molecule has 2 amide bonds. The summed E-state index contributed by atoms with van der Waals surface area (Å²) in [6.45, 7) is 0.238. The van der Waals surface area contributed by atoms with Gasteiger partial charge in [0, 0.05) is 10.7 Å². The van der Waals surface area contributed by atoms with Crippen molar-refractivity contribution in [2.75, 3.05) is 12.4 Å². The van der Waals surface area contributed by atoms with E-state index in [0.29, 0.717) is 27.8 Å². The van der Waals surface area contributed by atoms with E-state index in [-0.39, 0.29) is 12.4 Å². The molecule has 0 heterocycles. The number of nitrogens with one attached hydrogen (secondary N) is 2. The van der Waals surface area contributed by atoms with Crippen molar-refractivity contribution in [3.8, 4) is 11.5 Å². The lowest BCUT2D eigenvalue weighted by Gasteiger charge is -2.11. The summed E-state index contributed by atoms with van der Waals surface area (Å²) >= 11 is 5.84. The first-order valence-electron chi connectivity index (χ1n) is 9.40. The van der Waals surface area contributed by atoms with Crippen LogP contribution in [-0.4, -0.2) is 25.1 Å². The zero-order valence-electron chi connectivity index (χ0n) is 17.0. The number of ether oxygens (including phenoxy) is 2. The first kappa shape index (κ1) is 22.8. The Morgan fingerprint density at radius 3 is 2.53 bits per heavy atom. The van der Waals surface area contributed by atoms with Crippen molar-refractivity contribution in [1.82, 2.24) is 5.43 Å². The Labute approximate surface area is 188 Å². The number of rotatable bonds is 7. The fraction of sp³-hybridized carbons (Fsp3) is 0.0870. The second kappa shape index (κ2) is 10.9. The quantitative estimate of drug-likeness (QED) is 0.318. The molecule has 0 bridgehead atoms. The summed E-state index contributed by atoms with van der Waals surface area (Å²) in [6, 6.07) is 17.4. The van der Waals surface area contributed by atoms with Crippen LogP contribution >= 0.6 is 11.6 Å². The van der Waals surface area contributed by atoms with E-state index in [4.69, 9.17) is 21.1 Å². The number of hydrogen-bond acceptors (Lipinski definition) is 5. The van der Waals surface area contributed by atoms with Crippen molar-refractivity contribution in [2.24, 2.45) is 5.10 Å². The number of methoxy groups -OCH3 is 1. The van der Waals surface area contributed by atoms with Crippen LogP contribution in [0.2, 0.25) is 5.02 Å². The average Bonchev–Trinajstić information content (AvgIpc) is 2.79. The van der Waals surface area contributed by atoms with Crippen molar-refractivity contribution in [3.63, 3.8) is 0 Å². The van der Waals surface area contributed by atoms with Crippen LogP contribution in [0.1, 0.15) is 11.1 Å². The molecule has 0 fully saturated rings. The largest absolute Gasteiger partial charge is 0.493 e. The van der Waals surface area contributed by atoms with Crippen LogP contribution in [0.4, 0.5) is 10.1 Å². The molecule has 3 rings (SSSR count). The van der Waals surface area contributed by atoms with Crippen LogP contribution in [0, 0.1) is 5.82 Å². The predicted octanol–water partition coefficient (Wildman–Crippen LogP) is 4.16. The Morgan fingerprint density at radius 1 is 1.03 bits per heavy atom. The Kier molecular flexibility index (Phi) is 7.77. The summed E-state index contributed by atoms with van der Waals surface area (Å²) in [4.78, 5) is 23.8. The van der Waals surface area contributed by atoms with Crippen molar-refractivity contribution in [1.29, 1.82) is 0 Å². The molecule has 0 spiro atoms. The lowest BCUT2D eigenvalue weighted by atomic mass is 10.2. The molecule has 0 saturated heterocycles. The lowest BCUT2D eigenvalue weighted by Crippen LogP contribution is -2.32. The molecular formula is C23H19ClFN3O4. The predicted molar refractivity (Wildman–Crippen MR) is 120 cm³/mol. The zero-order chi connectivity index (χ0) is 22.9. The summed E-state index contributed by atoms with van der Waals surface area (Å²) in [5.41, 5.74) is 3.95. The van der Waals surface area contributed by atoms with Crippen LogP contribution < -0.4 is 20.2 Å². The fourth-order valence-corrected chi connectivity index (χ4v) is 2.79. The third-order valence-corrected chi connectivity index (χ3v) is 4.40. The fourth-order valence-electron chi connectivity index (χ4n) is 2.60. The molecule has 0 aliphatic heterocycles. The first-order chi connectivity index (χ1) is 15.4.